The van der Waals surface area contributed by atoms with E-state index in [2.05, 4.69) is 0 Å². The third-order valence-corrected chi connectivity index (χ3v) is 7.53. The van der Waals surface area contributed by atoms with Gasteiger partial charge in [-0.3, -0.25) is 14.5 Å². The highest BCUT2D eigenvalue weighted by molar-refractivity contribution is 14.1. The molecule has 2 fully saturated rings. The Morgan fingerprint density at radius 3 is 2.60 bits per heavy atom. The summed E-state index contributed by atoms with van der Waals surface area (Å²) in [4.78, 5) is 26.9. The topological polar surface area (TPSA) is 96.3 Å². The van der Waals surface area contributed by atoms with Crippen LogP contribution in [0.25, 0.3) is 0 Å². The molecule has 0 saturated carbocycles. The number of halogens is 1. The molecule has 2 N–H and O–H groups in total. The van der Waals surface area contributed by atoms with Gasteiger partial charge in [0.2, 0.25) is 11.8 Å². The maximum Gasteiger partial charge on any atom is 0.487 e. The number of benzene rings is 1. The minimum Gasteiger partial charge on any atom is -0.504 e. The Balaban J connectivity index is 1.78. The molecule has 2 aliphatic heterocycles. The summed E-state index contributed by atoms with van der Waals surface area (Å²) in [5.41, 5.74) is 2.53. The molecule has 3 aliphatic rings. The molecule has 2 amide bonds. The monoisotopic (exact) mass is 525 g/mol. The first-order valence-corrected chi connectivity index (χ1v) is 11.2. The Morgan fingerprint density at radius 2 is 1.97 bits per heavy atom. The van der Waals surface area contributed by atoms with E-state index in [0.717, 1.165) is 16.6 Å². The van der Waals surface area contributed by atoms with Gasteiger partial charge in [-0.05, 0) is 70.4 Å². The number of phenols is 1. The van der Waals surface area contributed by atoms with Crippen molar-refractivity contribution in [3.8, 4) is 11.5 Å². The van der Waals surface area contributed by atoms with Crippen LogP contribution in [0.4, 0.5) is 0 Å². The van der Waals surface area contributed by atoms with Crippen LogP contribution >= 0.6 is 22.6 Å². The van der Waals surface area contributed by atoms with Gasteiger partial charge in [-0.25, -0.2) is 0 Å². The number of ether oxygens (including phenoxy) is 1. The molecule has 0 aromatic heterocycles. The van der Waals surface area contributed by atoms with Crippen molar-refractivity contribution in [3.63, 3.8) is 0 Å². The zero-order chi connectivity index (χ0) is 21.9. The summed E-state index contributed by atoms with van der Waals surface area (Å²) < 4.78 is 11.9. The molecule has 160 valence electrons. The maximum absolute atomic E-state index is 12.9. The van der Waals surface area contributed by atoms with Crippen molar-refractivity contribution in [1.82, 2.24) is 4.90 Å². The van der Waals surface area contributed by atoms with Crippen molar-refractivity contribution in [2.24, 2.45) is 23.7 Å². The Morgan fingerprint density at radius 1 is 1.27 bits per heavy atom. The minimum absolute atomic E-state index is 0.0526. The number of rotatable bonds is 3. The number of likely N-dealkylation sites (tertiary alicyclic amines) is 1. The van der Waals surface area contributed by atoms with Gasteiger partial charge in [0.1, 0.15) is 0 Å². The van der Waals surface area contributed by atoms with Crippen molar-refractivity contribution in [1.29, 1.82) is 0 Å². The Labute approximate surface area is 189 Å². The highest BCUT2D eigenvalue weighted by Crippen LogP contribution is 2.52. The Kier molecular flexibility index (Phi) is 5.65. The van der Waals surface area contributed by atoms with E-state index >= 15 is 0 Å². The second-order valence-electron chi connectivity index (χ2n) is 8.58. The van der Waals surface area contributed by atoms with Gasteiger partial charge in [0.25, 0.3) is 0 Å². The smallest absolute Gasteiger partial charge is 0.487 e. The Bertz CT molecular complexity index is 948. The van der Waals surface area contributed by atoms with E-state index in [4.69, 9.17) is 9.39 Å². The lowest BCUT2D eigenvalue weighted by Crippen LogP contribution is -2.45. The molecule has 2 heterocycles. The van der Waals surface area contributed by atoms with Gasteiger partial charge >= 0.3 is 7.12 Å². The highest BCUT2D eigenvalue weighted by atomic mass is 127. The van der Waals surface area contributed by atoms with Crippen LogP contribution in [0, 0.1) is 27.2 Å². The molecular weight excluding hydrogens is 500 g/mol. The molecule has 1 aliphatic carbocycles. The normalized spacial score (nSPS) is 28.9. The molecule has 0 unspecified atom stereocenters. The second-order valence-corrected chi connectivity index (χ2v) is 9.74. The number of fused-ring (bicyclic) bond motifs is 3. The fraction of sp³-hybridized carbons (Fsp3) is 0.524. The van der Waals surface area contributed by atoms with Crippen LogP contribution in [-0.2, 0) is 14.2 Å². The van der Waals surface area contributed by atoms with Crippen LogP contribution in [0.3, 0.4) is 0 Å². The molecule has 1 aromatic rings. The number of hydrogen-bond acceptors (Lipinski definition) is 6. The van der Waals surface area contributed by atoms with Crippen LogP contribution in [0.1, 0.15) is 38.4 Å². The van der Waals surface area contributed by atoms with Crippen LogP contribution in [-0.4, -0.2) is 48.1 Å². The second kappa shape index (κ2) is 7.83. The summed E-state index contributed by atoms with van der Waals surface area (Å²) in [6.45, 7) is 4.08. The van der Waals surface area contributed by atoms with E-state index in [0.29, 0.717) is 22.2 Å². The summed E-state index contributed by atoms with van der Waals surface area (Å²) in [6.07, 6.45) is 0.470. The lowest BCUT2D eigenvalue weighted by molar-refractivity contribution is -0.138. The van der Waals surface area contributed by atoms with Gasteiger partial charge in [0.15, 0.2) is 11.5 Å². The first-order chi connectivity index (χ1) is 14.1. The van der Waals surface area contributed by atoms with E-state index in [-0.39, 0.29) is 35.3 Å². The molecular formula is C21H25BINO6. The SMILES string of the molecule is COc1cc([C@@H]2C[C@@H]3C(=C(C(C)C)C[C@@H]4C(=O)N(C)C(=O)[C@@H]43)B(O)O2)cc(I)c1O. The average molecular weight is 525 g/mol. The number of carbonyl (C=O) groups excluding carboxylic acids is 2. The summed E-state index contributed by atoms with van der Waals surface area (Å²) in [5, 5.41) is 21.1. The van der Waals surface area contributed by atoms with Gasteiger partial charge in [0, 0.05) is 7.05 Å². The van der Waals surface area contributed by atoms with E-state index in [1.54, 1.807) is 12.1 Å². The van der Waals surface area contributed by atoms with Crippen molar-refractivity contribution in [3.05, 3.63) is 32.3 Å². The number of imide groups is 1. The van der Waals surface area contributed by atoms with E-state index in [1.165, 1.54) is 19.1 Å². The quantitative estimate of drug-likeness (QED) is 0.358. The fourth-order valence-electron chi connectivity index (χ4n) is 5.21. The number of amides is 2. The number of phenolic OH excluding ortho intramolecular Hbond substituents is 1. The van der Waals surface area contributed by atoms with Crippen molar-refractivity contribution < 1.29 is 29.1 Å². The van der Waals surface area contributed by atoms with Crippen molar-refractivity contribution >= 4 is 41.5 Å². The van der Waals surface area contributed by atoms with Crippen molar-refractivity contribution in [2.45, 2.75) is 32.8 Å². The molecule has 4 atom stereocenters. The number of methoxy groups -OCH3 is 1. The van der Waals surface area contributed by atoms with Gasteiger partial charge in [-0.1, -0.05) is 19.4 Å². The minimum atomic E-state index is -1.14. The molecule has 4 rings (SSSR count). The van der Waals surface area contributed by atoms with Crippen LogP contribution < -0.4 is 4.74 Å². The van der Waals surface area contributed by atoms with Gasteiger partial charge < -0.3 is 19.5 Å². The number of carbonyl (C=O) groups is 2. The first-order valence-electron chi connectivity index (χ1n) is 10.1. The van der Waals surface area contributed by atoms with Crippen molar-refractivity contribution in [2.75, 3.05) is 14.2 Å². The predicted molar refractivity (Wildman–Crippen MR) is 119 cm³/mol. The largest absolute Gasteiger partial charge is 0.504 e. The zero-order valence-electron chi connectivity index (χ0n) is 17.4. The van der Waals surface area contributed by atoms with E-state index in [1.807, 2.05) is 36.4 Å². The van der Waals surface area contributed by atoms with E-state index in [9.17, 15) is 19.7 Å². The maximum atomic E-state index is 12.9. The highest BCUT2D eigenvalue weighted by Gasteiger charge is 2.57. The Hall–Kier alpha value is -1.59. The number of nitrogens with zero attached hydrogens (tertiary/aromatic N) is 1. The van der Waals surface area contributed by atoms with Gasteiger partial charge in [-0.2, -0.15) is 0 Å². The standard InChI is InChI=1S/C21H25BINO6/c1-9(2)11-7-13-17(21(27)24(3)20(13)26)12-8-15(30-22(28)18(11)12)10-5-14(23)19(25)16(6-10)29-4/h5-6,9,12-13,15,17,25,28H,7-8H2,1-4H3/t12-,13-,15-,17+/m0/s1. The van der Waals surface area contributed by atoms with Gasteiger partial charge in [-0.15, -0.1) is 0 Å². The predicted octanol–water partition coefficient (Wildman–Crippen LogP) is 2.69. The molecule has 9 heteroatoms. The van der Waals surface area contributed by atoms with Gasteiger partial charge in [0.05, 0.1) is 28.6 Å². The molecule has 7 nitrogen and oxygen atoms in total. The summed E-state index contributed by atoms with van der Waals surface area (Å²) in [7, 11) is 1.88. The number of aromatic hydroxyl groups is 1. The molecule has 1 aromatic carbocycles. The van der Waals surface area contributed by atoms with Crippen LogP contribution in [0.15, 0.2) is 23.2 Å². The molecule has 0 spiro atoms. The third kappa shape index (κ3) is 3.25. The van der Waals surface area contributed by atoms with Crippen LogP contribution in [0.5, 0.6) is 11.5 Å². The molecule has 2 saturated heterocycles. The fourth-order valence-corrected chi connectivity index (χ4v) is 5.83. The third-order valence-electron chi connectivity index (χ3n) is 6.71. The summed E-state index contributed by atoms with van der Waals surface area (Å²) in [5.74, 6) is -0.922. The lowest BCUT2D eigenvalue weighted by atomic mass is 9.54. The number of allylic oxidation sites excluding steroid dienone is 2. The lowest BCUT2D eigenvalue weighted by Gasteiger charge is -2.43. The average Bonchev–Trinajstić information content (AvgIpc) is 2.93. The van der Waals surface area contributed by atoms with E-state index < -0.39 is 19.1 Å². The molecule has 0 bridgehead atoms. The summed E-state index contributed by atoms with van der Waals surface area (Å²) >= 11 is 2.02. The summed E-state index contributed by atoms with van der Waals surface area (Å²) in [6, 6.07) is 3.49. The molecule has 30 heavy (non-hydrogen) atoms. The van der Waals surface area contributed by atoms with Crippen LogP contribution in [0.2, 0.25) is 0 Å². The molecule has 0 radical (unpaired) electrons. The zero-order valence-corrected chi connectivity index (χ0v) is 19.5. The first kappa shape index (κ1) is 21.6. The number of hydrogen-bond donors (Lipinski definition) is 2.